The fraction of sp³-hybridized carbons (Fsp3) is 0.500. The molecule has 1 aromatic carbocycles. The van der Waals surface area contributed by atoms with Gasteiger partial charge < -0.3 is 4.90 Å². The van der Waals surface area contributed by atoms with Gasteiger partial charge in [-0.15, -0.1) is 0 Å². The van der Waals surface area contributed by atoms with Crippen LogP contribution in [0.4, 0.5) is 0 Å². The third-order valence-electron chi connectivity index (χ3n) is 3.83. The lowest BCUT2D eigenvalue weighted by Crippen LogP contribution is -2.44. The van der Waals surface area contributed by atoms with Crippen LogP contribution in [0.2, 0.25) is 0 Å². The molecule has 0 bridgehead atoms. The summed E-state index contributed by atoms with van der Waals surface area (Å²) in [5, 5.41) is 8.73. The van der Waals surface area contributed by atoms with E-state index in [1.54, 1.807) is 0 Å². The van der Waals surface area contributed by atoms with E-state index in [-0.39, 0.29) is 17.4 Å². The lowest BCUT2D eigenvalue weighted by atomic mass is 9.93. The Bertz CT molecular complexity index is 483. The molecule has 1 amide bonds. The fourth-order valence-corrected chi connectivity index (χ4v) is 2.55. The van der Waals surface area contributed by atoms with Crippen molar-refractivity contribution in [1.82, 2.24) is 4.90 Å². The van der Waals surface area contributed by atoms with Crippen LogP contribution in [0.1, 0.15) is 38.7 Å². The van der Waals surface area contributed by atoms with E-state index in [4.69, 9.17) is 5.26 Å². The molecule has 1 saturated carbocycles. The van der Waals surface area contributed by atoms with Gasteiger partial charge in [0.25, 0.3) is 0 Å². The summed E-state index contributed by atoms with van der Waals surface area (Å²) in [7, 11) is 0. The molecule has 0 radical (unpaired) electrons. The predicted molar refractivity (Wildman–Crippen MR) is 74.4 cm³/mol. The average molecular weight is 256 g/mol. The molecular weight excluding hydrogens is 236 g/mol. The number of carbonyl (C=O) groups is 1. The van der Waals surface area contributed by atoms with Crippen LogP contribution in [0, 0.1) is 11.3 Å². The molecule has 0 spiro atoms. The predicted octanol–water partition coefficient (Wildman–Crippen LogP) is 2.87. The van der Waals surface area contributed by atoms with Gasteiger partial charge in [-0.3, -0.25) is 4.79 Å². The zero-order valence-electron chi connectivity index (χ0n) is 11.6. The Kier molecular flexibility index (Phi) is 3.90. The summed E-state index contributed by atoms with van der Waals surface area (Å²) < 4.78 is 0. The highest BCUT2D eigenvalue weighted by Crippen LogP contribution is 2.49. The summed E-state index contributed by atoms with van der Waals surface area (Å²) in [6.07, 6.45) is 2.24. The molecule has 1 aliphatic rings. The van der Waals surface area contributed by atoms with Crippen molar-refractivity contribution in [2.75, 3.05) is 6.54 Å². The second-order valence-electron chi connectivity index (χ2n) is 5.45. The van der Waals surface area contributed by atoms with Crippen LogP contribution in [0.25, 0.3) is 0 Å². The van der Waals surface area contributed by atoms with E-state index in [0.717, 1.165) is 18.4 Å². The van der Waals surface area contributed by atoms with Gasteiger partial charge in [0.2, 0.25) is 5.91 Å². The summed E-state index contributed by atoms with van der Waals surface area (Å²) in [5.41, 5.74) is 0.795. The first-order valence-electron chi connectivity index (χ1n) is 6.85. The number of nitrogens with zero attached hydrogens (tertiary/aromatic N) is 2. The highest BCUT2D eigenvalue weighted by molar-refractivity contribution is 5.91. The van der Waals surface area contributed by atoms with Gasteiger partial charge in [-0.2, -0.15) is 5.26 Å². The molecule has 2 rings (SSSR count). The second kappa shape index (κ2) is 5.44. The number of nitriles is 1. The Morgan fingerprint density at radius 2 is 2.00 bits per heavy atom. The van der Waals surface area contributed by atoms with Crippen LogP contribution < -0.4 is 0 Å². The van der Waals surface area contributed by atoms with Crippen molar-refractivity contribution in [3.8, 4) is 6.07 Å². The van der Waals surface area contributed by atoms with Crippen molar-refractivity contribution in [3.05, 3.63) is 35.9 Å². The minimum Gasteiger partial charge on any atom is -0.338 e. The van der Waals surface area contributed by atoms with Gasteiger partial charge in [0.15, 0.2) is 0 Å². The van der Waals surface area contributed by atoms with Gasteiger partial charge in [-0.25, -0.2) is 0 Å². The molecule has 1 fully saturated rings. The number of amides is 1. The molecule has 0 atom stereocenters. The van der Waals surface area contributed by atoms with Gasteiger partial charge in [0, 0.05) is 12.6 Å². The Hall–Kier alpha value is -1.82. The maximum atomic E-state index is 12.8. The van der Waals surface area contributed by atoms with Gasteiger partial charge in [0.1, 0.15) is 0 Å². The van der Waals surface area contributed by atoms with Crippen LogP contribution in [-0.2, 0) is 10.2 Å². The van der Waals surface area contributed by atoms with Crippen molar-refractivity contribution in [3.63, 3.8) is 0 Å². The normalized spacial score (nSPS) is 15.9. The average Bonchev–Trinajstić information content (AvgIpc) is 3.21. The first-order chi connectivity index (χ1) is 9.12. The molecule has 1 aromatic rings. The largest absolute Gasteiger partial charge is 0.338 e. The first-order valence-corrected chi connectivity index (χ1v) is 6.85. The quantitative estimate of drug-likeness (QED) is 0.813. The van der Waals surface area contributed by atoms with Crippen LogP contribution >= 0.6 is 0 Å². The highest BCUT2D eigenvalue weighted by Gasteiger charge is 2.53. The minimum absolute atomic E-state index is 0.141. The van der Waals surface area contributed by atoms with Gasteiger partial charge >= 0.3 is 0 Å². The van der Waals surface area contributed by atoms with Gasteiger partial charge in [0.05, 0.1) is 17.9 Å². The van der Waals surface area contributed by atoms with E-state index in [2.05, 4.69) is 6.07 Å². The summed E-state index contributed by atoms with van der Waals surface area (Å²) in [4.78, 5) is 14.6. The summed E-state index contributed by atoms with van der Waals surface area (Å²) in [6.45, 7) is 4.55. The zero-order valence-corrected chi connectivity index (χ0v) is 11.6. The number of hydrogen-bond acceptors (Lipinski definition) is 2. The molecule has 0 aromatic heterocycles. The van der Waals surface area contributed by atoms with E-state index in [1.807, 2.05) is 49.1 Å². The molecule has 19 heavy (non-hydrogen) atoms. The smallest absolute Gasteiger partial charge is 0.233 e. The maximum Gasteiger partial charge on any atom is 0.233 e. The van der Waals surface area contributed by atoms with E-state index in [9.17, 15) is 4.79 Å². The van der Waals surface area contributed by atoms with Crippen molar-refractivity contribution in [2.24, 2.45) is 0 Å². The van der Waals surface area contributed by atoms with E-state index < -0.39 is 0 Å². The number of carbonyl (C=O) groups excluding carboxylic acids is 1. The topological polar surface area (TPSA) is 44.1 Å². The molecular formula is C16H20N2O. The Morgan fingerprint density at radius 3 is 2.47 bits per heavy atom. The monoisotopic (exact) mass is 256 g/mol. The van der Waals surface area contributed by atoms with E-state index in [1.165, 1.54) is 0 Å². The Labute approximate surface area is 114 Å². The fourth-order valence-electron chi connectivity index (χ4n) is 2.55. The lowest BCUT2D eigenvalue weighted by Gasteiger charge is -2.30. The van der Waals surface area contributed by atoms with Crippen LogP contribution in [0.15, 0.2) is 30.3 Å². The third-order valence-corrected chi connectivity index (χ3v) is 3.83. The van der Waals surface area contributed by atoms with Crippen LogP contribution in [-0.4, -0.2) is 23.4 Å². The molecule has 100 valence electrons. The van der Waals surface area contributed by atoms with Crippen molar-refractivity contribution >= 4 is 5.91 Å². The molecule has 0 aliphatic heterocycles. The molecule has 0 heterocycles. The third kappa shape index (κ3) is 2.63. The number of hydrogen-bond donors (Lipinski definition) is 0. The molecule has 0 N–H and O–H groups in total. The Balaban J connectivity index is 2.20. The summed E-state index contributed by atoms with van der Waals surface area (Å²) in [6, 6.07) is 12.3. The summed E-state index contributed by atoms with van der Waals surface area (Å²) in [5.74, 6) is 0.184. The Morgan fingerprint density at radius 1 is 1.37 bits per heavy atom. The van der Waals surface area contributed by atoms with Gasteiger partial charge in [-0.1, -0.05) is 30.3 Å². The molecule has 1 aliphatic carbocycles. The number of rotatable bonds is 5. The van der Waals surface area contributed by atoms with E-state index in [0.29, 0.717) is 13.0 Å². The molecule has 0 saturated heterocycles. The standard InChI is InChI=1S/C16H20N2O/c1-13(2)18(12-6-11-17)15(19)16(9-10-16)14-7-4-3-5-8-14/h3-5,7-8,13H,6,9-10,12H2,1-2H3. The minimum atomic E-state index is -0.318. The summed E-state index contributed by atoms with van der Waals surface area (Å²) >= 11 is 0. The van der Waals surface area contributed by atoms with E-state index >= 15 is 0 Å². The molecule has 3 nitrogen and oxygen atoms in total. The van der Waals surface area contributed by atoms with Gasteiger partial charge in [-0.05, 0) is 32.3 Å². The van der Waals surface area contributed by atoms with Crippen molar-refractivity contribution in [2.45, 2.75) is 44.6 Å². The molecule has 3 heteroatoms. The van der Waals surface area contributed by atoms with Crippen molar-refractivity contribution < 1.29 is 4.79 Å². The lowest BCUT2D eigenvalue weighted by molar-refractivity contribution is -0.135. The first kappa shape index (κ1) is 13.6. The SMILES string of the molecule is CC(C)N(CCC#N)C(=O)C1(c2ccccc2)CC1. The molecule has 0 unspecified atom stereocenters. The zero-order chi connectivity index (χ0) is 13.9. The maximum absolute atomic E-state index is 12.8. The van der Waals surface area contributed by atoms with Crippen LogP contribution in [0.3, 0.4) is 0 Å². The number of benzene rings is 1. The highest BCUT2D eigenvalue weighted by atomic mass is 16.2. The van der Waals surface area contributed by atoms with Crippen molar-refractivity contribution in [1.29, 1.82) is 5.26 Å². The van der Waals surface area contributed by atoms with Crippen LogP contribution in [0.5, 0.6) is 0 Å². The second-order valence-corrected chi connectivity index (χ2v) is 5.45.